The Kier molecular flexibility index (Phi) is 9.52. The first-order chi connectivity index (χ1) is 7.88. The molecule has 0 aromatic heterocycles. The average Bonchev–Trinajstić information content (AvgIpc) is 2.27. The molecular weight excluding hydrogens is 229 g/mol. The van der Waals surface area contributed by atoms with Crippen molar-refractivity contribution >= 4 is 0 Å². The highest BCUT2D eigenvalue weighted by molar-refractivity contribution is 5.36. The van der Waals surface area contributed by atoms with Gasteiger partial charge in [-0.3, -0.25) is 0 Å². The van der Waals surface area contributed by atoms with Gasteiger partial charge in [0.15, 0.2) is 0 Å². The van der Waals surface area contributed by atoms with Gasteiger partial charge >= 0.3 is 6.36 Å². The Morgan fingerprint density at radius 2 is 1.41 bits per heavy atom. The first-order valence-corrected chi connectivity index (χ1v) is 5.71. The Balaban J connectivity index is 0. The lowest BCUT2D eigenvalue weighted by Gasteiger charge is -2.11. The van der Waals surface area contributed by atoms with Crippen LogP contribution >= 0.6 is 0 Å². The fourth-order valence-corrected chi connectivity index (χ4v) is 0.942. The molecule has 17 heavy (non-hydrogen) atoms. The Morgan fingerprint density at radius 1 is 0.941 bits per heavy atom. The van der Waals surface area contributed by atoms with Crippen molar-refractivity contribution < 1.29 is 17.9 Å². The average molecular weight is 250 g/mol. The second kappa shape index (κ2) is 8.90. The van der Waals surface area contributed by atoms with Gasteiger partial charge in [-0.1, -0.05) is 39.8 Å². The highest BCUT2D eigenvalue weighted by Crippen LogP contribution is 2.26. The second-order valence-corrected chi connectivity index (χ2v) is 2.82. The van der Waals surface area contributed by atoms with Crippen molar-refractivity contribution in [3.63, 3.8) is 0 Å². The predicted molar refractivity (Wildman–Crippen MR) is 65.3 cm³/mol. The molecule has 0 atom stereocenters. The van der Waals surface area contributed by atoms with Crippen molar-refractivity contribution in [3.05, 3.63) is 29.3 Å². The minimum absolute atomic E-state index is 0.132. The van der Waals surface area contributed by atoms with E-state index in [2.05, 4.69) is 4.74 Å². The van der Waals surface area contributed by atoms with E-state index >= 15 is 0 Å². The molecule has 0 aliphatic rings. The monoisotopic (exact) mass is 250 g/mol. The van der Waals surface area contributed by atoms with Crippen molar-refractivity contribution in [1.29, 1.82) is 0 Å². The molecule has 1 aromatic rings. The third kappa shape index (κ3) is 8.60. The van der Waals surface area contributed by atoms with Gasteiger partial charge in [0.1, 0.15) is 5.75 Å². The third-order valence-electron chi connectivity index (χ3n) is 1.57. The van der Waals surface area contributed by atoms with E-state index in [1.165, 1.54) is 6.07 Å². The molecule has 0 unspecified atom stereocenters. The summed E-state index contributed by atoms with van der Waals surface area (Å²) >= 11 is 0. The lowest BCUT2D eigenvalue weighted by Crippen LogP contribution is -2.17. The van der Waals surface area contributed by atoms with Crippen LogP contribution in [-0.4, -0.2) is 6.36 Å². The summed E-state index contributed by atoms with van der Waals surface area (Å²) in [6.45, 7) is 11.3. The van der Waals surface area contributed by atoms with Crippen molar-refractivity contribution in [1.82, 2.24) is 0 Å². The summed E-state index contributed by atoms with van der Waals surface area (Å²) < 4.78 is 39.3. The molecule has 1 nitrogen and oxygen atoms in total. The molecule has 0 aliphatic heterocycles. The number of aryl methyl sites for hydroxylation is 2. The van der Waals surface area contributed by atoms with Crippen LogP contribution in [0.25, 0.3) is 0 Å². The standard InChI is InChI=1S/C9H9F3O.2C2H6/c1-6-3-4-7(2)8(5-6)13-9(10,11)12;2*1-2/h3-5H,1-2H3;2*1-2H3. The molecule has 0 aliphatic carbocycles. The molecule has 0 fully saturated rings. The predicted octanol–water partition coefficient (Wildman–Crippen LogP) is 5.25. The molecule has 1 rings (SSSR count). The molecule has 0 bridgehead atoms. The van der Waals surface area contributed by atoms with Gasteiger partial charge in [-0.2, -0.15) is 0 Å². The molecule has 0 spiro atoms. The lowest BCUT2D eigenvalue weighted by molar-refractivity contribution is -0.274. The SMILES string of the molecule is CC.CC.Cc1ccc(C)c(OC(F)(F)F)c1. The van der Waals surface area contributed by atoms with E-state index in [1.54, 1.807) is 26.0 Å². The van der Waals surface area contributed by atoms with Gasteiger partial charge in [-0.15, -0.1) is 13.2 Å². The summed E-state index contributed by atoms with van der Waals surface area (Å²) in [5.41, 5.74) is 1.22. The van der Waals surface area contributed by atoms with E-state index in [-0.39, 0.29) is 5.75 Å². The maximum absolute atomic E-state index is 11.8. The molecule has 4 heteroatoms. The van der Waals surface area contributed by atoms with E-state index in [0.29, 0.717) is 5.56 Å². The Labute approximate surface area is 102 Å². The number of rotatable bonds is 1. The van der Waals surface area contributed by atoms with Gasteiger partial charge in [0.05, 0.1) is 0 Å². The highest BCUT2D eigenvalue weighted by atomic mass is 19.4. The van der Waals surface area contributed by atoms with Crippen LogP contribution in [0.1, 0.15) is 38.8 Å². The largest absolute Gasteiger partial charge is 0.573 e. The summed E-state index contributed by atoms with van der Waals surface area (Å²) in [5.74, 6) is -0.132. The zero-order valence-corrected chi connectivity index (χ0v) is 11.3. The molecule has 0 radical (unpaired) electrons. The van der Waals surface area contributed by atoms with Gasteiger partial charge in [-0.25, -0.2) is 0 Å². The van der Waals surface area contributed by atoms with Crippen LogP contribution in [0.5, 0.6) is 5.75 Å². The van der Waals surface area contributed by atoms with Crippen LogP contribution in [0.4, 0.5) is 13.2 Å². The maximum atomic E-state index is 11.8. The van der Waals surface area contributed by atoms with Gasteiger partial charge in [-0.05, 0) is 31.0 Å². The van der Waals surface area contributed by atoms with Crippen LogP contribution < -0.4 is 4.74 Å². The number of halogens is 3. The maximum Gasteiger partial charge on any atom is 0.573 e. The van der Waals surface area contributed by atoms with Crippen LogP contribution in [0.2, 0.25) is 0 Å². The van der Waals surface area contributed by atoms with E-state index in [1.807, 2.05) is 27.7 Å². The summed E-state index contributed by atoms with van der Waals surface area (Å²) in [6.07, 6.45) is -4.61. The zero-order valence-electron chi connectivity index (χ0n) is 11.3. The van der Waals surface area contributed by atoms with Gasteiger partial charge in [0, 0.05) is 0 Å². The van der Waals surface area contributed by atoms with Crippen LogP contribution in [0, 0.1) is 13.8 Å². The Hall–Kier alpha value is -1.19. The first kappa shape index (κ1) is 18.2. The number of ether oxygens (including phenoxy) is 1. The van der Waals surface area contributed by atoms with Crippen molar-refractivity contribution in [2.45, 2.75) is 47.9 Å². The number of hydrogen-bond acceptors (Lipinski definition) is 1. The summed E-state index contributed by atoms with van der Waals surface area (Å²) in [7, 11) is 0. The fourth-order valence-electron chi connectivity index (χ4n) is 0.942. The normalized spacial score (nSPS) is 9.47. The van der Waals surface area contributed by atoms with E-state index in [9.17, 15) is 13.2 Å². The third-order valence-corrected chi connectivity index (χ3v) is 1.57. The number of hydrogen-bond donors (Lipinski definition) is 0. The second-order valence-electron chi connectivity index (χ2n) is 2.82. The van der Waals surface area contributed by atoms with Crippen molar-refractivity contribution in [3.8, 4) is 5.75 Å². The van der Waals surface area contributed by atoms with Crippen molar-refractivity contribution in [2.75, 3.05) is 0 Å². The van der Waals surface area contributed by atoms with E-state index in [4.69, 9.17) is 0 Å². The molecular formula is C13H21F3O. The topological polar surface area (TPSA) is 9.23 Å². The number of alkyl halides is 3. The van der Waals surface area contributed by atoms with E-state index in [0.717, 1.165) is 5.56 Å². The summed E-state index contributed by atoms with van der Waals surface area (Å²) in [5, 5.41) is 0. The molecule has 0 amide bonds. The van der Waals surface area contributed by atoms with E-state index < -0.39 is 6.36 Å². The smallest absolute Gasteiger partial charge is 0.406 e. The first-order valence-electron chi connectivity index (χ1n) is 5.71. The van der Waals surface area contributed by atoms with Gasteiger partial charge in [0.25, 0.3) is 0 Å². The Morgan fingerprint density at radius 3 is 1.82 bits per heavy atom. The van der Waals surface area contributed by atoms with Crippen LogP contribution in [0.15, 0.2) is 18.2 Å². The van der Waals surface area contributed by atoms with Gasteiger partial charge < -0.3 is 4.74 Å². The molecule has 0 saturated carbocycles. The quantitative estimate of drug-likeness (QED) is 0.661. The number of benzene rings is 1. The zero-order chi connectivity index (χ0) is 14.1. The minimum Gasteiger partial charge on any atom is -0.406 e. The Bertz CT molecular complexity index is 306. The molecule has 100 valence electrons. The van der Waals surface area contributed by atoms with Crippen molar-refractivity contribution in [2.24, 2.45) is 0 Å². The minimum atomic E-state index is -4.61. The van der Waals surface area contributed by atoms with Gasteiger partial charge in [0.2, 0.25) is 0 Å². The van der Waals surface area contributed by atoms with Crippen LogP contribution in [0.3, 0.4) is 0 Å². The summed E-state index contributed by atoms with van der Waals surface area (Å²) in [6, 6.07) is 4.69. The fraction of sp³-hybridized carbons (Fsp3) is 0.538. The molecule has 0 saturated heterocycles. The van der Waals surface area contributed by atoms with Crippen LogP contribution in [-0.2, 0) is 0 Å². The highest BCUT2D eigenvalue weighted by Gasteiger charge is 2.31. The lowest BCUT2D eigenvalue weighted by atomic mass is 10.1. The molecule has 0 heterocycles. The summed E-state index contributed by atoms with van der Waals surface area (Å²) in [4.78, 5) is 0. The molecule has 1 aromatic carbocycles. The molecule has 0 N–H and O–H groups in total.